The maximum Gasteiger partial charge on any atom is 0.226 e. The Kier molecular flexibility index (Phi) is 3.94. The van der Waals surface area contributed by atoms with Gasteiger partial charge in [-0.05, 0) is 46.9 Å². The van der Waals surface area contributed by atoms with Crippen LogP contribution in [0.2, 0.25) is 0 Å². The van der Waals surface area contributed by atoms with Gasteiger partial charge in [0.2, 0.25) is 5.89 Å². The summed E-state index contributed by atoms with van der Waals surface area (Å²) in [4.78, 5) is 7.80. The number of H-pyrrole nitrogens is 1. The number of nitrogens with zero attached hydrogens (tertiary/aromatic N) is 2. The highest BCUT2D eigenvalue weighted by Gasteiger charge is 2.08. The van der Waals surface area contributed by atoms with Crippen molar-refractivity contribution in [2.45, 2.75) is 25.7 Å². The molecule has 0 saturated heterocycles. The van der Waals surface area contributed by atoms with Gasteiger partial charge in [0, 0.05) is 29.9 Å². The molecule has 4 rings (SSSR count). The van der Waals surface area contributed by atoms with E-state index in [-0.39, 0.29) is 0 Å². The van der Waals surface area contributed by atoms with E-state index < -0.39 is 0 Å². The molecular weight excluding hydrogens is 306 g/mol. The van der Waals surface area contributed by atoms with Crippen LogP contribution in [0.5, 0.6) is 0 Å². The van der Waals surface area contributed by atoms with Crippen LogP contribution in [0.15, 0.2) is 51.8 Å². The highest BCUT2D eigenvalue weighted by molar-refractivity contribution is 7.07. The summed E-state index contributed by atoms with van der Waals surface area (Å²) in [6, 6.07) is 10.5. The minimum absolute atomic E-state index is 0.732. The molecule has 0 spiro atoms. The van der Waals surface area contributed by atoms with Crippen molar-refractivity contribution in [1.29, 1.82) is 0 Å². The van der Waals surface area contributed by atoms with Crippen LogP contribution in [0.1, 0.15) is 29.3 Å². The van der Waals surface area contributed by atoms with Crippen molar-refractivity contribution in [3.05, 3.63) is 70.1 Å². The quantitative estimate of drug-likeness (QED) is 0.573. The molecule has 23 heavy (non-hydrogen) atoms. The van der Waals surface area contributed by atoms with Crippen LogP contribution in [0, 0.1) is 0 Å². The molecule has 1 N–H and O–H groups in total. The summed E-state index contributed by atoms with van der Waals surface area (Å²) in [6.45, 7) is 0. The summed E-state index contributed by atoms with van der Waals surface area (Å²) in [5, 5.41) is 9.56. The molecule has 0 fully saturated rings. The number of para-hydroxylation sites is 1. The molecule has 0 aliphatic carbocycles. The van der Waals surface area contributed by atoms with Gasteiger partial charge in [0.05, 0.1) is 0 Å². The zero-order valence-corrected chi connectivity index (χ0v) is 13.5. The van der Waals surface area contributed by atoms with Gasteiger partial charge in [-0.2, -0.15) is 16.3 Å². The van der Waals surface area contributed by atoms with E-state index in [1.807, 2.05) is 0 Å². The molecule has 4 aromatic rings. The molecule has 0 unspecified atom stereocenters. The molecule has 0 radical (unpaired) electrons. The molecule has 4 nitrogen and oxygen atoms in total. The van der Waals surface area contributed by atoms with Gasteiger partial charge in [-0.25, -0.2) is 0 Å². The van der Waals surface area contributed by atoms with Crippen LogP contribution in [-0.4, -0.2) is 15.1 Å². The third-order valence-corrected chi connectivity index (χ3v) is 4.70. The molecule has 0 atom stereocenters. The fourth-order valence-electron chi connectivity index (χ4n) is 2.81. The number of aromatic nitrogens is 3. The molecule has 5 heteroatoms. The van der Waals surface area contributed by atoms with Gasteiger partial charge in [0.1, 0.15) is 0 Å². The average Bonchev–Trinajstić information content (AvgIpc) is 3.30. The fourth-order valence-corrected chi connectivity index (χ4v) is 3.48. The predicted molar refractivity (Wildman–Crippen MR) is 91.7 cm³/mol. The van der Waals surface area contributed by atoms with Gasteiger partial charge < -0.3 is 9.51 Å². The molecule has 3 aromatic heterocycles. The van der Waals surface area contributed by atoms with Crippen molar-refractivity contribution >= 4 is 22.2 Å². The van der Waals surface area contributed by atoms with Crippen LogP contribution in [0.25, 0.3) is 10.9 Å². The smallest absolute Gasteiger partial charge is 0.226 e. The van der Waals surface area contributed by atoms with E-state index in [2.05, 4.69) is 62.4 Å². The summed E-state index contributed by atoms with van der Waals surface area (Å²) in [5.41, 5.74) is 3.78. The van der Waals surface area contributed by atoms with Gasteiger partial charge in [-0.15, -0.1) is 0 Å². The lowest BCUT2D eigenvalue weighted by Gasteiger charge is -1.97. The number of rotatable bonds is 6. The number of hydrogen-bond acceptors (Lipinski definition) is 4. The molecule has 0 bridgehead atoms. The van der Waals surface area contributed by atoms with E-state index in [0.717, 1.165) is 37.4 Å². The van der Waals surface area contributed by atoms with Crippen molar-refractivity contribution in [2.75, 3.05) is 0 Å². The van der Waals surface area contributed by atoms with E-state index in [9.17, 15) is 0 Å². The lowest BCUT2D eigenvalue weighted by molar-refractivity contribution is 0.371. The highest BCUT2D eigenvalue weighted by Crippen LogP contribution is 2.19. The minimum Gasteiger partial charge on any atom is -0.361 e. The van der Waals surface area contributed by atoms with Gasteiger partial charge in [-0.1, -0.05) is 23.4 Å². The molecule has 0 saturated carbocycles. The third kappa shape index (κ3) is 3.19. The van der Waals surface area contributed by atoms with Crippen LogP contribution >= 0.6 is 11.3 Å². The second kappa shape index (κ2) is 6.38. The van der Waals surface area contributed by atoms with Crippen LogP contribution in [-0.2, 0) is 19.3 Å². The molecule has 1 aromatic carbocycles. The summed E-state index contributed by atoms with van der Waals surface area (Å²) in [7, 11) is 0. The first-order valence-corrected chi connectivity index (χ1v) is 8.70. The summed E-state index contributed by atoms with van der Waals surface area (Å²) in [5.74, 6) is 1.50. The minimum atomic E-state index is 0.732. The predicted octanol–water partition coefficient (Wildman–Crippen LogP) is 4.38. The van der Waals surface area contributed by atoms with E-state index in [1.165, 1.54) is 22.0 Å². The van der Waals surface area contributed by atoms with E-state index in [4.69, 9.17) is 4.52 Å². The van der Waals surface area contributed by atoms with E-state index in [0.29, 0.717) is 0 Å². The van der Waals surface area contributed by atoms with E-state index in [1.54, 1.807) is 11.3 Å². The number of fused-ring (bicyclic) bond motifs is 1. The number of aryl methyl sites for hydroxylation is 2. The van der Waals surface area contributed by atoms with Crippen LogP contribution < -0.4 is 0 Å². The molecule has 116 valence electrons. The Balaban J connectivity index is 1.35. The summed E-state index contributed by atoms with van der Waals surface area (Å²) in [6.07, 6.45) is 5.67. The van der Waals surface area contributed by atoms with Gasteiger partial charge in [0.15, 0.2) is 5.82 Å². The van der Waals surface area contributed by atoms with Crippen molar-refractivity contribution < 1.29 is 4.52 Å². The number of aromatic amines is 1. The first kappa shape index (κ1) is 14.2. The van der Waals surface area contributed by atoms with Crippen molar-refractivity contribution in [2.24, 2.45) is 0 Å². The fraction of sp³-hybridized carbons (Fsp3) is 0.222. The topological polar surface area (TPSA) is 54.7 Å². The zero-order valence-electron chi connectivity index (χ0n) is 12.7. The Morgan fingerprint density at radius 2 is 2.09 bits per heavy atom. The van der Waals surface area contributed by atoms with Crippen LogP contribution in [0.3, 0.4) is 0 Å². The lowest BCUT2D eigenvalue weighted by atomic mass is 10.1. The van der Waals surface area contributed by atoms with E-state index >= 15 is 0 Å². The number of thiophene rings is 1. The normalized spacial score (nSPS) is 11.3. The Hall–Kier alpha value is -2.40. The maximum absolute atomic E-state index is 5.35. The Bertz CT molecular complexity index is 892. The standard InChI is InChI=1S/C18H17N3OS/c1-2-6-16-15(5-1)14(11-19-16)4-3-7-18-20-17(21-22-18)10-13-8-9-23-12-13/h1-2,5-6,8-9,11-12,19H,3-4,7,10H2. The first-order chi connectivity index (χ1) is 11.4. The molecule has 3 heterocycles. The SMILES string of the molecule is c1ccc2c(CCCc3nc(Cc4ccsc4)no3)c[nH]c2c1. The third-order valence-electron chi connectivity index (χ3n) is 3.96. The van der Waals surface area contributed by atoms with Gasteiger partial charge >= 0.3 is 0 Å². The first-order valence-electron chi connectivity index (χ1n) is 7.76. The van der Waals surface area contributed by atoms with Gasteiger partial charge in [-0.3, -0.25) is 0 Å². The molecular formula is C18H17N3OS. The number of benzene rings is 1. The summed E-state index contributed by atoms with van der Waals surface area (Å²) >= 11 is 1.69. The van der Waals surface area contributed by atoms with Crippen molar-refractivity contribution in [3.8, 4) is 0 Å². The largest absolute Gasteiger partial charge is 0.361 e. The Morgan fingerprint density at radius 1 is 1.13 bits per heavy atom. The maximum atomic E-state index is 5.35. The lowest BCUT2D eigenvalue weighted by Crippen LogP contribution is -1.92. The Morgan fingerprint density at radius 3 is 3.00 bits per heavy atom. The molecule has 0 aliphatic rings. The average molecular weight is 323 g/mol. The van der Waals surface area contributed by atoms with Crippen LogP contribution in [0.4, 0.5) is 0 Å². The molecule has 0 aliphatic heterocycles. The highest BCUT2D eigenvalue weighted by atomic mass is 32.1. The van der Waals surface area contributed by atoms with Crippen molar-refractivity contribution in [3.63, 3.8) is 0 Å². The van der Waals surface area contributed by atoms with Gasteiger partial charge in [0.25, 0.3) is 0 Å². The molecule has 0 amide bonds. The zero-order chi connectivity index (χ0) is 15.5. The number of nitrogens with one attached hydrogen (secondary N) is 1. The second-order valence-corrected chi connectivity index (χ2v) is 6.41. The Labute approximate surface area is 138 Å². The number of hydrogen-bond donors (Lipinski definition) is 1. The monoisotopic (exact) mass is 323 g/mol. The second-order valence-electron chi connectivity index (χ2n) is 5.63. The van der Waals surface area contributed by atoms with Crippen molar-refractivity contribution in [1.82, 2.24) is 15.1 Å². The summed E-state index contributed by atoms with van der Waals surface area (Å²) < 4.78 is 5.35.